The molecule has 1 amide bonds. The Morgan fingerprint density at radius 3 is 2.84 bits per heavy atom. The first-order valence-corrected chi connectivity index (χ1v) is 6.96. The fourth-order valence-electron chi connectivity index (χ4n) is 2.59. The maximum atomic E-state index is 12.4. The van der Waals surface area contributed by atoms with E-state index in [4.69, 9.17) is 9.47 Å². The van der Waals surface area contributed by atoms with Gasteiger partial charge in [-0.2, -0.15) is 0 Å². The van der Waals surface area contributed by atoms with Crippen molar-refractivity contribution < 1.29 is 19.1 Å². The molecule has 2 fully saturated rings. The minimum atomic E-state index is -0.527. The van der Waals surface area contributed by atoms with E-state index in [-0.39, 0.29) is 18.0 Å². The van der Waals surface area contributed by atoms with E-state index in [0.29, 0.717) is 26.2 Å². The van der Waals surface area contributed by atoms with E-state index in [2.05, 4.69) is 5.32 Å². The molecule has 3 unspecified atom stereocenters. The normalized spacial score (nSPS) is 31.3. The second-order valence-electron chi connectivity index (χ2n) is 5.02. The van der Waals surface area contributed by atoms with Crippen LogP contribution in [0.15, 0.2) is 0 Å². The minimum absolute atomic E-state index is 0.0797. The zero-order chi connectivity index (χ0) is 13.8. The molecule has 2 heterocycles. The first-order valence-electron chi connectivity index (χ1n) is 6.96. The molecule has 2 aliphatic rings. The molecule has 0 spiro atoms. The van der Waals surface area contributed by atoms with Crippen molar-refractivity contribution in [3.05, 3.63) is 0 Å². The number of hydrogen-bond acceptors (Lipinski definition) is 5. The first-order chi connectivity index (χ1) is 9.13. The van der Waals surface area contributed by atoms with Crippen LogP contribution in [0.5, 0.6) is 0 Å². The predicted octanol–water partition coefficient (Wildman–Crippen LogP) is -0.0826. The Balaban J connectivity index is 2.02. The van der Waals surface area contributed by atoms with Crippen LogP contribution < -0.4 is 5.32 Å². The molecule has 2 rings (SSSR count). The molecule has 2 aliphatic heterocycles. The van der Waals surface area contributed by atoms with Crippen LogP contribution in [0.2, 0.25) is 0 Å². The lowest BCUT2D eigenvalue weighted by Gasteiger charge is -2.35. The maximum Gasteiger partial charge on any atom is 0.330 e. The summed E-state index contributed by atoms with van der Waals surface area (Å²) in [6.45, 7) is 5.73. The summed E-state index contributed by atoms with van der Waals surface area (Å²) in [4.78, 5) is 25.9. The van der Waals surface area contributed by atoms with Gasteiger partial charge in [0.05, 0.1) is 12.7 Å². The molecule has 0 saturated carbocycles. The van der Waals surface area contributed by atoms with E-state index in [9.17, 15) is 9.59 Å². The summed E-state index contributed by atoms with van der Waals surface area (Å²) in [6, 6.07) is -0.527. The SMILES string of the molecule is CCOC(=O)C1CNCCN1C(=O)C1CCC(C)O1. The van der Waals surface area contributed by atoms with E-state index in [1.54, 1.807) is 11.8 Å². The predicted molar refractivity (Wildman–Crippen MR) is 68.6 cm³/mol. The second kappa shape index (κ2) is 6.34. The Kier molecular flexibility index (Phi) is 4.76. The topological polar surface area (TPSA) is 67.9 Å². The Bertz CT molecular complexity index is 348. The number of nitrogens with one attached hydrogen (secondary N) is 1. The molecule has 108 valence electrons. The third-order valence-electron chi connectivity index (χ3n) is 3.59. The number of nitrogens with zero attached hydrogens (tertiary/aromatic N) is 1. The number of esters is 1. The lowest BCUT2D eigenvalue weighted by atomic mass is 10.1. The molecule has 0 aromatic carbocycles. The molecule has 19 heavy (non-hydrogen) atoms. The van der Waals surface area contributed by atoms with Crippen molar-refractivity contribution in [2.24, 2.45) is 0 Å². The Labute approximate surface area is 113 Å². The van der Waals surface area contributed by atoms with Gasteiger partial charge in [0.2, 0.25) is 0 Å². The molecule has 0 bridgehead atoms. The number of piperazine rings is 1. The first kappa shape index (κ1) is 14.3. The maximum absolute atomic E-state index is 12.4. The number of hydrogen-bond donors (Lipinski definition) is 1. The summed E-state index contributed by atoms with van der Waals surface area (Å²) < 4.78 is 10.6. The Hall–Kier alpha value is -1.14. The molecule has 6 heteroatoms. The fourth-order valence-corrected chi connectivity index (χ4v) is 2.59. The average molecular weight is 270 g/mol. The molecule has 0 aromatic heterocycles. The number of amides is 1. The standard InChI is InChI=1S/C13H22N2O4/c1-3-18-13(17)10-8-14-6-7-15(10)12(16)11-5-4-9(2)19-11/h9-11,14H,3-8H2,1-2H3. The smallest absolute Gasteiger partial charge is 0.330 e. The molecule has 6 nitrogen and oxygen atoms in total. The number of rotatable bonds is 3. The van der Waals surface area contributed by atoms with Crippen molar-refractivity contribution in [3.8, 4) is 0 Å². The number of carbonyl (C=O) groups excluding carboxylic acids is 2. The van der Waals surface area contributed by atoms with Gasteiger partial charge in [-0.05, 0) is 26.7 Å². The van der Waals surface area contributed by atoms with E-state index in [1.165, 1.54) is 0 Å². The van der Waals surface area contributed by atoms with Crippen LogP contribution in [-0.2, 0) is 19.1 Å². The monoisotopic (exact) mass is 270 g/mol. The van der Waals surface area contributed by atoms with Gasteiger partial charge in [-0.3, -0.25) is 4.79 Å². The molecule has 0 aromatic rings. The van der Waals surface area contributed by atoms with Crippen LogP contribution in [0.1, 0.15) is 26.7 Å². The minimum Gasteiger partial charge on any atom is -0.464 e. The average Bonchev–Trinajstić information content (AvgIpc) is 2.85. The molecule has 0 radical (unpaired) electrons. The van der Waals surface area contributed by atoms with Crippen molar-refractivity contribution in [1.29, 1.82) is 0 Å². The molecule has 0 aliphatic carbocycles. The lowest BCUT2D eigenvalue weighted by Crippen LogP contribution is -2.59. The van der Waals surface area contributed by atoms with Gasteiger partial charge in [0.15, 0.2) is 0 Å². The summed E-state index contributed by atoms with van der Waals surface area (Å²) in [5.74, 6) is -0.419. The van der Waals surface area contributed by atoms with Gasteiger partial charge in [0, 0.05) is 19.6 Å². The molecule has 3 atom stereocenters. The summed E-state index contributed by atoms with van der Waals surface area (Å²) in [5, 5.41) is 3.12. The highest BCUT2D eigenvalue weighted by Gasteiger charge is 2.38. The van der Waals surface area contributed by atoms with Crippen LogP contribution in [0.3, 0.4) is 0 Å². The van der Waals surface area contributed by atoms with Crippen molar-refractivity contribution >= 4 is 11.9 Å². The molecular weight excluding hydrogens is 248 g/mol. The molecule has 2 saturated heterocycles. The van der Waals surface area contributed by atoms with Crippen LogP contribution in [0, 0.1) is 0 Å². The van der Waals surface area contributed by atoms with Gasteiger partial charge in [0.1, 0.15) is 12.1 Å². The highest BCUT2D eigenvalue weighted by atomic mass is 16.5. The largest absolute Gasteiger partial charge is 0.464 e. The van der Waals surface area contributed by atoms with Crippen LogP contribution in [-0.4, -0.2) is 61.3 Å². The van der Waals surface area contributed by atoms with E-state index < -0.39 is 12.1 Å². The number of ether oxygens (including phenoxy) is 2. The third-order valence-corrected chi connectivity index (χ3v) is 3.59. The second-order valence-corrected chi connectivity index (χ2v) is 5.02. The van der Waals surface area contributed by atoms with Gasteiger partial charge in [-0.25, -0.2) is 4.79 Å². The Morgan fingerprint density at radius 1 is 1.42 bits per heavy atom. The van der Waals surface area contributed by atoms with Crippen molar-refractivity contribution in [3.63, 3.8) is 0 Å². The van der Waals surface area contributed by atoms with Crippen molar-refractivity contribution in [1.82, 2.24) is 10.2 Å². The summed E-state index contributed by atoms with van der Waals surface area (Å²) in [7, 11) is 0. The van der Waals surface area contributed by atoms with Crippen molar-refractivity contribution in [2.75, 3.05) is 26.2 Å². The van der Waals surface area contributed by atoms with Gasteiger partial charge in [0.25, 0.3) is 5.91 Å². The molecule has 1 N–H and O–H groups in total. The molecular formula is C13H22N2O4. The van der Waals surface area contributed by atoms with Gasteiger partial charge in [-0.15, -0.1) is 0 Å². The number of carbonyl (C=O) groups is 2. The van der Waals surface area contributed by atoms with E-state index in [0.717, 1.165) is 12.8 Å². The van der Waals surface area contributed by atoms with Gasteiger partial charge in [-0.1, -0.05) is 0 Å². The highest BCUT2D eigenvalue weighted by molar-refractivity contribution is 5.87. The zero-order valence-corrected chi connectivity index (χ0v) is 11.6. The summed E-state index contributed by atoms with van der Waals surface area (Å²) in [6.07, 6.45) is 1.36. The zero-order valence-electron chi connectivity index (χ0n) is 11.6. The van der Waals surface area contributed by atoms with Gasteiger partial charge >= 0.3 is 5.97 Å². The van der Waals surface area contributed by atoms with Crippen LogP contribution in [0.4, 0.5) is 0 Å². The summed E-state index contributed by atoms with van der Waals surface area (Å²) in [5.41, 5.74) is 0. The van der Waals surface area contributed by atoms with Crippen molar-refractivity contribution in [2.45, 2.75) is 44.9 Å². The van der Waals surface area contributed by atoms with E-state index >= 15 is 0 Å². The quantitative estimate of drug-likeness (QED) is 0.726. The van der Waals surface area contributed by atoms with Gasteiger partial charge < -0.3 is 19.7 Å². The highest BCUT2D eigenvalue weighted by Crippen LogP contribution is 2.22. The summed E-state index contributed by atoms with van der Waals surface area (Å²) >= 11 is 0. The van der Waals surface area contributed by atoms with Crippen LogP contribution >= 0.6 is 0 Å². The lowest BCUT2D eigenvalue weighted by molar-refractivity contribution is -0.160. The fraction of sp³-hybridized carbons (Fsp3) is 0.846. The van der Waals surface area contributed by atoms with Crippen LogP contribution in [0.25, 0.3) is 0 Å². The third kappa shape index (κ3) is 3.25. The van der Waals surface area contributed by atoms with E-state index in [1.807, 2.05) is 6.92 Å². The Morgan fingerprint density at radius 2 is 2.21 bits per heavy atom.